The average Bonchev–Trinajstić information content (AvgIpc) is 2.03. The lowest BCUT2D eigenvalue weighted by Gasteiger charge is -2.18. The molecule has 0 aromatic rings. The molecule has 70 valence electrons. The van der Waals surface area contributed by atoms with Crippen molar-refractivity contribution >= 4 is 5.97 Å². The number of aliphatic carboxylic acids is 1. The molecular formula is C9H17NO2. The first kappa shape index (κ1) is 11.2. The van der Waals surface area contributed by atoms with Crippen molar-refractivity contribution in [1.82, 2.24) is 4.90 Å². The van der Waals surface area contributed by atoms with Crippen LogP contribution in [0.4, 0.5) is 0 Å². The topological polar surface area (TPSA) is 40.5 Å². The molecule has 0 aliphatic heterocycles. The Kier molecular flexibility index (Phi) is 5.37. The SMILES string of the molecule is C=C(CN(CC)CCC)C(=O)O. The molecule has 3 nitrogen and oxygen atoms in total. The summed E-state index contributed by atoms with van der Waals surface area (Å²) in [6.07, 6.45) is 1.04. The van der Waals surface area contributed by atoms with Gasteiger partial charge in [0, 0.05) is 12.1 Å². The minimum absolute atomic E-state index is 0.269. The van der Waals surface area contributed by atoms with Gasteiger partial charge in [-0.25, -0.2) is 4.79 Å². The van der Waals surface area contributed by atoms with Crippen LogP contribution in [0.1, 0.15) is 20.3 Å². The third kappa shape index (κ3) is 4.13. The van der Waals surface area contributed by atoms with Crippen molar-refractivity contribution in [3.8, 4) is 0 Å². The zero-order valence-corrected chi connectivity index (χ0v) is 7.84. The second kappa shape index (κ2) is 5.77. The van der Waals surface area contributed by atoms with E-state index in [0.29, 0.717) is 6.54 Å². The first-order valence-electron chi connectivity index (χ1n) is 4.25. The van der Waals surface area contributed by atoms with Crippen LogP contribution in [0.3, 0.4) is 0 Å². The van der Waals surface area contributed by atoms with Gasteiger partial charge < -0.3 is 5.11 Å². The Balaban J connectivity index is 3.85. The van der Waals surface area contributed by atoms with Crippen LogP contribution in [0.25, 0.3) is 0 Å². The van der Waals surface area contributed by atoms with Crippen molar-refractivity contribution in [1.29, 1.82) is 0 Å². The molecule has 0 fully saturated rings. The zero-order valence-electron chi connectivity index (χ0n) is 7.84. The fourth-order valence-electron chi connectivity index (χ4n) is 1.00. The molecule has 0 radical (unpaired) electrons. The van der Waals surface area contributed by atoms with Crippen molar-refractivity contribution in [2.24, 2.45) is 0 Å². The third-order valence-corrected chi connectivity index (χ3v) is 1.70. The van der Waals surface area contributed by atoms with E-state index >= 15 is 0 Å². The van der Waals surface area contributed by atoms with Gasteiger partial charge in [0.1, 0.15) is 0 Å². The van der Waals surface area contributed by atoms with E-state index in [1.54, 1.807) is 0 Å². The highest BCUT2D eigenvalue weighted by Gasteiger charge is 2.08. The third-order valence-electron chi connectivity index (χ3n) is 1.70. The molecule has 0 saturated heterocycles. The number of carbonyl (C=O) groups is 1. The minimum Gasteiger partial charge on any atom is -0.478 e. The molecule has 0 aliphatic rings. The number of carboxylic acids is 1. The lowest BCUT2D eigenvalue weighted by atomic mass is 10.2. The van der Waals surface area contributed by atoms with Gasteiger partial charge in [0.15, 0.2) is 0 Å². The number of likely N-dealkylation sites (N-methyl/N-ethyl adjacent to an activating group) is 1. The van der Waals surface area contributed by atoms with Crippen LogP contribution in [0.5, 0.6) is 0 Å². The van der Waals surface area contributed by atoms with Gasteiger partial charge in [0.25, 0.3) is 0 Å². The van der Waals surface area contributed by atoms with Crippen LogP contribution in [-0.4, -0.2) is 35.6 Å². The highest BCUT2D eigenvalue weighted by atomic mass is 16.4. The highest BCUT2D eigenvalue weighted by Crippen LogP contribution is 1.97. The molecule has 0 unspecified atom stereocenters. The second-order valence-corrected chi connectivity index (χ2v) is 2.78. The van der Waals surface area contributed by atoms with Crippen molar-refractivity contribution in [2.75, 3.05) is 19.6 Å². The van der Waals surface area contributed by atoms with Gasteiger partial charge in [-0.3, -0.25) is 4.90 Å². The molecule has 0 heterocycles. The van der Waals surface area contributed by atoms with Crippen LogP contribution in [0, 0.1) is 0 Å². The van der Waals surface area contributed by atoms with Crippen molar-refractivity contribution < 1.29 is 9.90 Å². The number of hydrogen-bond donors (Lipinski definition) is 1. The van der Waals surface area contributed by atoms with E-state index in [1.807, 2.05) is 6.92 Å². The summed E-state index contributed by atoms with van der Waals surface area (Å²) in [4.78, 5) is 12.5. The van der Waals surface area contributed by atoms with Gasteiger partial charge in [-0.15, -0.1) is 0 Å². The maximum Gasteiger partial charge on any atom is 0.332 e. The molecule has 0 aromatic carbocycles. The minimum atomic E-state index is -0.899. The summed E-state index contributed by atoms with van der Waals surface area (Å²) in [5.74, 6) is -0.899. The average molecular weight is 171 g/mol. The molecular weight excluding hydrogens is 154 g/mol. The zero-order chi connectivity index (χ0) is 9.56. The quantitative estimate of drug-likeness (QED) is 0.613. The first-order valence-corrected chi connectivity index (χ1v) is 4.25. The smallest absolute Gasteiger partial charge is 0.332 e. The summed E-state index contributed by atoms with van der Waals surface area (Å²) < 4.78 is 0. The van der Waals surface area contributed by atoms with Gasteiger partial charge in [-0.1, -0.05) is 20.4 Å². The van der Waals surface area contributed by atoms with Crippen LogP contribution in [-0.2, 0) is 4.79 Å². The molecule has 12 heavy (non-hydrogen) atoms. The van der Waals surface area contributed by atoms with E-state index in [1.165, 1.54) is 0 Å². The number of rotatable bonds is 6. The predicted octanol–water partition coefficient (Wildman–Crippen LogP) is 1.36. The van der Waals surface area contributed by atoms with E-state index in [9.17, 15) is 4.79 Å². The lowest BCUT2D eigenvalue weighted by molar-refractivity contribution is -0.132. The summed E-state index contributed by atoms with van der Waals surface area (Å²) in [5.41, 5.74) is 0.269. The van der Waals surface area contributed by atoms with Crippen molar-refractivity contribution in [3.05, 3.63) is 12.2 Å². The van der Waals surface area contributed by atoms with E-state index in [2.05, 4.69) is 18.4 Å². The fourth-order valence-corrected chi connectivity index (χ4v) is 1.00. The lowest BCUT2D eigenvalue weighted by Crippen LogP contribution is -2.28. The Morgan fingerprint density at radius 2 is 2.08 bits per heavy atom. The molecule has 0 bridgehead atoms. The van der Waals surface area contributed by atoms with Crippen molar-refractivity contribution in [2.45, 2.75) is 20.3 Å². The monoisotopic (exact) mass is 171 g/mol. The summed E-state index contributed by atoms with van der Waals surface area (Å²) >= 11 is 0. The maximum absolute atomic E-state index is 10.4. The fraction of sp³-hybridized carbons (Fsp3) is 0.667. The highest BCUT2D eigenvalue weighted by molar-refractivity contribution is 5.86. The molecule has 0 atom stereocenters. The standard InChI is InChI=1S/C9H17NO2/c1-4-6-10(5-2)7-8(3)9(11)12/h3-7H2,1-2H3,(H,11,12). The Morgan fingerprint density at radius 1 is 1.50 bits per heavy atom. The second-order valence-electron chi connectivity index (χ2n) is 2.78. The molecule has 0 aromatic heterocycles. The number of carboxylic acid groups (broad SMARTS) is 1. The van der Waals surface area contributed by atoms with E-state index in [-0.39, 0.29) is 5.57 Å². The first-order chi connectivity index (χ1) is 5.61. The molecule has 0 amide bonds. The molecule has 0 spiro atoms. The molecule has 0 saturated carbocycles. The van der Waals surface area contributed by atoms with Gasteiger partial charge in [0.2, 0.25) is 0 Å². The van der Waals surface area contributed by atoms with Crippen LogP contribution in [0.15, 0.2) is 12.2 Å². The van der Waals surface area contributed by atoms with E-state index < -0.39 is 5.97 Å². The summed E-state index contributed by atoms with van der Waals surface area (Å²) in [7, 11) is 0. The van der Waals surface area contributed by atoms with Gasteiger partial charge in [0.05, 0.1) is 0 Å². The van der Waals surface area contributed by atoms with Crippen LogP contribution in [0.2, 0.25) is 0 Å². The largest absolute Gasteiger partial charge is 0.478 e. The van der Waals surface area contributed by atoms with Gasteiger partial charge in [-0.2, -0.15) is 0 Å². The predicted molar refractivity (Wildman–Crippen MR) is 49.2 cm³/mol. The Morgan fingerprint density at radius 3 is 2.42 bits per heavy atom. The Hall–Kier alpha value is -0.830. The Bertz CT molecular complexity index is 166. The number of hydrogen-bond acceptors (Lipinski definition) is 2. The Labute approximate surface area is 73.7 Å². The maximum atomic E-state index is 10.4. The van der Waals surface area contributed by atoms with Gasteiger partial charge in [-0.05, 0) is 19.5 Å². The summed E-state index contributed by atoms with van der Waals surface area (Å²) in [6, 6.07) is 0. The van der Waals surface area contributed by atoms with Crippen LogP contribution < -0.4 is 0 Å². The molecule has 0 aliphatic carbocycles. The van der Waals surface area contributed by atoms with E-state index in [0.717, 1.165) is 19.5 Å². The normalized spacial score (nSPS) is 10.2. The van der Waals surface area contributed by atoms with Crippen molar-refractivity contribution in [3.63, 3.8) is 0 Å². The number of nitrogens with zero attached hydrogens (tertiary/aromatic N) is 1. The summed E-state index contributed by atoms with van der Waals surface area (Å²) in [5, 5.41) is 8.57. The summed E-state index contributed by atoms with van der Waals surface area (Å²) in [6.45, 7) is 9.86. The molecule has 3 heteroatoms. The van der Waals surface area contributed by atoms with Crippen LogP contribution >= 0.6 is 0 Å². The van der Waals surface area contributed by atoms with Gasteiger partial charge >= 0.3 is 5.97 Å². The molecule has 0 rings (SSSR count). The molecule has 1 N–H and O–H groups in total. The van der Waals surface area contributed by atoms with E-state index in [4.69, 9.17) is 5.11 Å².